The summed E-state index contributed by atoms with van der Waals surface area (Å²) in [5.74, 6) is 1.72. The van der Waals surface area contributed by atoms with Crippen LogP contribution in [0.1, 0.15) is 17.6 Å². The molecule has 4 heteroatoms. The maximum Gasteiger partial charge on any atom is 0.317 e. The summed E-state index contributed by atoms with van der Waals surface area (Å²) >= 11 is 0. The summed E-state index contributed by atoms with van der Waals surface area (Å²) in [4.78, 5) is 12.8. The van der Waals surface area contributed by atoms with Crippen molar-refractivity contribution in [2.75, 3.05) is 13.6 Å². The third-order valence-electron chi connectivity index (χ3n) is 2.32. The molecular weight excluding hydrogens is 168 g/mol. The first kappa shape index (κ1) is 8.16. The number of nitrogens with zero attached hydrogens (tertiary/aromatic N) is 1. The number of carbonyl (C=O) groups excluding carboxylic acids is 1. The highest BCUT2D eigenvalue weighted by Gasteiger charge is 2.30. The van der Waals surface area contributed by atoms with Crippen molar-refractivity contribution in [2.24, 2.45) is 0 Å². The van der Waals surface area contributed by atoms with Gasteiger partial charge in [-0.15, -0.1) is 0 Å². The van der Waals surface area contributed by atoms with Gasteiger partial charge in [-0.2, -0.15) is 0 Å². The minimum atomic E-state index is -0.0425. The third-order valence-corrected chi connectivity index (χ3v) is 2.32. The van der Waals surface area contributed by atoms with Crippen molar-refractivity contribution in [3.05, 3.63) is 23.7 Å². The molecule has 1 atom stereocenters. The van der Waals surface area contributed by atoms with E-state index < -0.39 is 0 Å². The first-order valence-electron chi connectivity index (χ1n) is 4.25. The molecule has 0 aromatic carbocycles. The lowest BCUT2D eigenvalue weighted by atomic mass is 10.2. The normalized spacial score (nSPS) is 22.2. The predicted molar refractivity (Wildman–Crippen MR) is 47.3 cm³/mol. The van der Waals surface area contributed by atoms with Gasteiger partial charge in [-0.1, -0.05) is 0 Å². The van der Waals surface area contributed by atoms with Crippen molar-refractivity contribution >= 4 is 6.03 Å². The Morgan fingerprint density at radius 1 is 1.62 bits per heavy atom. The Labute approximate surface area is 76.5 Å². The van der Waals surface area contributed by atoms with Crippen molar-refractivity contribution < 1.29 is 9.21 Å². The molecule has 13 heavy (non-hydrogen) atoms. The Hall–Kier alpha value is -1.45. The van der Waals surface area contributed by atoms with Crippen LogP contribution in [-0.4, -0.2) is 24.5 Å². The fourth-order valence-electron chi connectivity index (χ4n) is 1.51. The standard InChI is InChI=1S/C9H12N2O2/c1-6-3-4-8(13-6)7-5-10-9(12)11(7)2/h3-4,7H,5H2,1-2H3,(H,10,12). The van der Waals surface area contributed by atoms with Crippen molar-refractivity contribution in [1.82, 2.24) is 10.2 Å². The molecule has 1 aromatic rings. The van der Waals surface area contributed by atoms with E-state index in [-0.39, 0.29) is 12.1 Å². The van der Waals surface area contributed by atoms with Crippen molar-refractivity contribution in [3.8, 4) is 0 Å². The molecule has 2 rings (SSSR count). The van der Waals surface area contributed by atoms with Crippen LogP contribution in [0.2, 0.25) is 0 Å². The number of amides is 2. The van der Waals surface area contributed by atoms with E-state index in [0.29, 0.717) is 6.54 Å². The van der Waals surface area contributed by atoms with Crippen molar-refractivity contribution in [1.29, 1.82) is 0 Å². The molecule has 1 aromatic heterocycles. The molecule has 1 saturated heterocycles. The maximum absolute atomic E-state index is 11.1. The van der Waals surface area contributed by atoms with E-state index in [1.54, 1.807) is 11.9 Å². The molecule has 1 N–H and O–H groups in total. The Morgan fingerprint density at radius 3 is 2.85 bits per heavy atom. The van der Waals surface area contributed by atoms with E-state index >= 15 is 0 Å². The quantitative estimate of drug-likeness (QED) is 0.707. The molecule has 0 spiro atoms. The number of likely N-dealkylation sites (N-methyl/N-ethyl adjacent to an activating group) is 1. The van der Waals surface area contributed by atoms with Crippen molar-refractivity contribution in [2.45, 2.75) is 13.0 Å². The maximum atomic E-state index is 11.1. The van der Waals surface area contributed by atoms with Crippen LogP contribution in [0.5, 0.6) is 0 Å². The Morgan fingerprint density at radius 2 is 2.38 bits per heavy atom. The fourth-order valence-corrected chi connectivity index (χ4v) is 1.51. The van der Waals surface area contributed by atoms with Crippen LogP contribution in [-0.2, 0) is 0 Å². The molecule has 4 nitrogen and oxygen atoms in total. The van der Waals surface area contributed by atoms with Gasteiger partial charge in [0, 0.05) is 13.6 Å². The van der Waals surface area contributed by atoms with Crippen LogP contribution in [0, 0.1) is 6.92 Å². The van der Waals surface area contributed by atoms with Gasteiger partial charge in [0.2, 0.25) is 0 Å². The second-order valence-electron chi connectivity index (χ2n) is 3.26. The molecular formula is C9H12N2O2. The van der Waals surface area contributed by atoms with E-state index in [4.69, 9.17) is 4.42 Å². The van der Waals surface area contributed by atoms with Crippen LogP contribution in [0.4, 0.5) is 4.79 Å². The van der Waals surface area contributed by atoms with Crippen LogP contribution < -0.4 is 5.32 Å². The molecule has 2 heterocycles. The summed E-state index contributed by atoms with van der Waals surface area (Å²) in [6, 6.07) is 3.82. The average Bonchev–Trinajstić information content (AvgIpc) is 2.62. The zero-order valence-electron chi connectivity index (χ0n) is 7.70. The smallest absolute Gasteiger partial charge is 0.317 e. The summed E-state index contributed by atoms with van der Waals surface area (Å²) in [5, 5.41) is 2.75. The van der Waals surface area contributed by atoms with E-state index in [1.807, 2.05) is 19.1 Å². The summed E-state index contributed by atoms with van der Waals surface area (Å²) in [5.41, 5.74) is 0. The van der Waals surface area contributed by atoms with E-state index in [2.05, 4.69) is 5.32 Å². The van der Waals surface area contributed by atoms with E-state index in [9.17, 15) is 4.79 Å². The lowest BCUT2D eigenvalue weighted by molar-refractivity contribution is 0.211. The number of rotatable bonds is 1. The lowest BCUT2D eigenvalue weighted by Gasteiger charge is -2.14. The molecule has 1 fully saturated rings. The molecule has 1 aliphatic heterocycles. The second kappa shape index (κ2) is 2.80. The molecule has 2 amide bonds. The highest BCUT2D eigenvalue weighted by molar-refractivity contribution is 5.76. The van der Waals surface area contributed by atoms with Gasteiger partial charge < -0.3 is 14.6 Å². The third kappa shape index (κ3) is 1.28. The largest absolute Gasteiger partial charge is 0.464 e. The highest BCUT2D eigenvalue weighted by Crippen LogP contribution is 2.24. The predicted octanol–water partition coefficient (Wildman–Crippen LogP) is 1.28. The summed E-state index contributed by atoms with van der Waals surface area (Å²) < 4.78 is 5.45. The SMILES string of the molecule is Cc1ccc(C2CNC(=O)N2C)o1. The number of aryl methyl sites for hydroxylation is 1. The van der Waals surface area contributed by atoms with Crippen LogP contribution in [0.3, 0.4) is 0 Å². The Kier molecular flexibility index (Phi) is 1.76. The minimum absolute atomic E-state index is 0.0425. The first-order valence-corrected chi connectivity index (χ1v) is 4.25. The lowest BCUT2D eigenvalue weighted by Crippen LogP contribution is -2.25. The first-order chi connectivity index (χ1) is 6.18. The monoisotopic (exact) mass is 180 g/mol. The number of furan rings is 1. The molecule has 0 radical (unpaired) electrons. The molecule has 70 valence electrons. The minimum Gasteiger partial charge on any atom is -0.464 e. The van der Waals surface area contributed by atoms with Gasteiger partial charge in [-0.3, -0.25) is 0 Å². The molecule has 1 aliphatic rings. The zero-order valence-corrected chi connectivity index (χ0v) is 7.70. The summed E-state index contributed by atoms with van der Waals surface area (Å²) in [7, 11) is 1.77. The fraction of sp³-hybridized carbons (Fsp3) is 0.444. The van der Waals surface area contributed by atoms with Gasteiger partial charge in [0.1, 0.15) is 17.6 Å². The van der Waals surface area contributed by atoms with Gasteiger partial charge >= 0.3 is 6.03 Å². The van der Waals surface area contributed by atoms with Gasteiger partial charge in [0.25, 0.3) is 0 Å². The van der Waals surface area contributed by atoms with E-state index in [0.717, 1.165) is 11.5 Å². The van der Waals surface area contributed by atoms with Crippen LogP contribution >= 0.6 is 0 Å². The zero-order chi connectivity index (χ0) is 9.42. The van der Waals surface area contributed by atoms with Gasteiger partial charge in [0.15, 0.2) is 0 Å². The highest BCUT2D eigenvalue weighted by atomic mass is 16.3. The summed E-state index contributed by atoms with van der Waals surface area (Å²) in [6.45, 7) is 2.52. The van der Waals surface area contributed by atoms with Crippen molar-refractivity contribution in [3.63, 3.8) is 0 Å². The van der Waals surface area contributed by atoms with Gasteiger partial charge in [-0.25, -0.2) is 4.79 Å². The number of hydrogen-bond donors (Lipinski definition) is 1. The number of urea groups is 1. The molecule has 0 saturated carbocycles. The molecule has 1 unspecified atom stereocenters. The molecule has 0 bridgehead atoms. The van der Waals surface area contributed by atoms with Crippen LogP contribution in [0.15, 0.2) is 16.5 Å². The molecule has 0 aliphatic carbocycles. The van der Waals surface area contributed by atoms with E-state index in [1.165, 1.54) is 0 Å². The van der Waals surface area contributed by atoms with Crippen LogP contribution in [0.25, 0.3) is 0 Å². The number of hydrogen-bond acceptors (Lipinski definition) is 2. The second-order valence-corrected chi connectivity index (χ2v) is 3.26. The Balaban J connectivity index is 2.23. The number of nitrogens with one attached hydrogen (secondary N) is 1. The Bertz CT molecular complexity index is 332. The number of carbonyl (C=O) groups is 1. The summed E-state index contributed by atoms with van der Waals surface area (Å²) in [6.07, 6.45) is 0. The van der Waals surface area contributed by atoms with Gasteiger partial charge in [0.05, 0.1) is 0 Å². The topological polar surface area (TPSA) is 45.5 Å². The van der Waals surface area contributed by atoms with Gasteiger partial charge in [-0.05, 0) is 19.1 Å². The average molecular weight is 180 g/mol.